The molecule has 1 saturated carbocycles. The molecule has 1 aliphatic carbocycles. The van der Waals surface area contributed by atoms with Gasteiger partial charge >= 0.3 is 0 Å². The summed E-state index contributed by atoms with van der Waals surface area (Å²) in [7, 11) is 0. The van der Waals surface area contributed by atoms with Crippen molar-refractivity contribution in [1.29, 1.82) is 0 Å². The normalized spacial score (nSPS) is 17.6. The van der Waals surface area contributed by atoms with Crippen LogP contribution < -0.4 is 5.32 Å². The Bertz CT molecular complexity index is 399. The van der Waals surface area contributed by atoms with E-state index in [4.69, 9.17) is 0 Å². The van der Waals surface area contributed by atoms with E-state index in [9.17, 15) is 9.90 Å². The Morgan fingerprint density at radius 2 is 1.90 bits per heavy atom. The van der Waals surface area contributed by atoms with Crippen LogP contribution >= 0.6 is 0 Å². The van der Waals surface area contributed by atoms with Gasteiger partial charge in [-0.1, -0.05) is 49.6 Å². The van der Waals surface area contributed by atoms with Crippen molar-refractivity contribution in [1.82, 2.24) is 5.32 Å². The Labute approximate surface area is 121 Å². The molecule has 0 saturated heterocycles. The summed E-state index contributed by atoms with van der Waals surface area (Å²) in [5.41, 5.74) is 1.10. The molecule has 1 atom stereocenters. The topological polar surface area (TPSA) is 49.3 Å². The van der Waals surface area contributed by atoms with Gasteiger partial charge in [0.25, 0.3) is 0 Å². The Kier molecular flexibility index (Phi) is 6.06. The number of aliphatic hydroxyl groups excluding tert-OH is 1. The third kappa shape index (κ3) is 5.33. The fraction of sp³-hybridized carbons (Fsp3) is 0.588. The molecule has 3 heteroatoms. The summed E-state index contributed by atoms with van der Waals surface area (Å²) >= 11 is 0. The predicted octanol–water partition coefficient (Wildman–Crippen LogP) is 2.68. The van der Waals surface area contributed by atoms with E-state index in [1.165, 1.54) is 32.1 Å². The zero-order chi connectivity index (χ0) is 14.2. The number of carbonyl (C=O) groups is 1. The second-order valence-electron chi connectivity index (χ2n) is 5.86. The molecule has 2 N–H and O–H groups in total. The van der Waals surface area contributed by atoms with E-state index in [-0.39, 0.29) is 5.91 Å². The lowest BCUT2D eigenvalue weighted by Gasteiger charge is -2.21. The van der Waals surface area contributed by atoms with Crippen molar-refractivity contribution >= 4 is 5.91 Å². The monoisotopic (exact) mass is 275 g/mol. The molecule has 1 fully saturated rings. The van der Waals surface area contributed by atoms with Crippen LogP contribution in [0, 0.1) is 5.92 Å². The van der Waals surface area contributed by atoms with Crippen LogP contribution in [0.5, 0.6) is 0 Å². The molecule has 2 rings (SSSR count). The second-order valence-corrected chi connectivity index (χ2v) is 5.86. The smallest absolute Gasteiger partial charge is 0.220 e. The Balaban J connectivity index is 1.64. The molecule has 0 heterocycles. The molecule has 20 heavy (non-hydrogen) atoms. The lowest BCUT2D eigenvalue weighted by Crippen LogP contribution is -2.34. The molecule has 1 aliphatic rings. The van der Waals surface area contributed by atoms with Crippen molar-refractivity contribution in [3.8, 4) is 0 Å². The van der Waals surface area contributed by atoms with Crippen molar-refractivity contribution < 1.29 is 9.90 Å². The SMILES string of the molecule is O=C(CC1CCCCC1)NCC(O)Cc1ccccc1. The van der Waals surface area contributed by atoms with Gasteiger partial charge in [-0.15, -0.1) is 0 Å². The first kappa shape index (κ1) is 15.0. The summed E-state index contributed by atoms with van der Waals surface area (Å²) in [6, 6.07) is 9.87. The number of carbonyl (C=O) groups excluding carboxylic acids is 1. The zero-order valence-electron chi connectivity index (χ0n) is 12.1. The fourth-order valence-electron chi connectivity index (χ4n) is 2.92. The van der Waals surface area contributed by atoms with Gasteiger partial charge in [-0.3, -0.25) is 4.79 Å². The van der Waals surface area contributed by atoms with Gasteiger partial charge in [-0.25, -0.2) is 0 Å². The first-order valence-corrected chi connectivity index (χ1v) is 7.72. The summed E-state index contributed by atoms with van der Waals surface area (Å²) in [5, 5.41) is 12.8. The number of hydrogen-bond donors (Lipinski definition) is 2. The van der Waals surface area contributed by atoms with Gasteiger partial charge in [-0.2, -0.15) is 0 Å². The first-order valence-electron chi connectivity index (χ1n) is 7.72. The van der Waals surface area contributed by atoms with E-state index in [0.29, 0.717) is 25.3 Å². The van der Waals surface area contributed by atoms with Crippen LogP contribution in [0.3, 0.4) is 0 Å². The van der Waals surface area contributed by atoms with E-state index in [2.05, 4.69) is 5.32 Å². The van der Waals surface area contributed by atoms with Gasteiger partial charge in [0.05, 0.1) is 6.10 Å². The third-order valence-electron chi connectivity index (χ3n) is 4.05. The lowest BCUT2D eigenvalue weighted by atomic mass is 9.87. The molecule has 0 spiro atoms. The second kappa shape index (κ2) is 8.05. The van der Waals surface area contributed by atoms with Gasteiger partial charge in [0.15, 0.2) is 0 Å². The van der Waals surface area contributed by atoms with Crippen molar-refractivity contribution in [2.24, 2.45) is 5.92 Å². The molecule has 1 unspecified atom stereocenters. The third-order valence-corrected chi connectivity index (χ3v) is 4.05. The van der Waals surface area contributed by atoms with Gasteiger partial charge in [-0.05, 0) is 24.3 Å². The van der Waals surface area contributed by atoms with E-state index in [1.54, 1.807) is 0 Å². The van der Waals surface area contributed by atoms with E-state index >= 15 is 0 Å². The summed E-state index contributed by atoms with van der Waals surface area (Å²) < 4.78 is 0. The first-order chi connectivity index (χ1) is 9.74. The lowest BCUT2D eigenvalue weighted by molar-refractivity contribution is -0.122. The van der Waals surface area contributed by atoms with Crippen molar-refractivity contribution in [3.63, 3.8) is 0 Å². The van der Waals surface area contributed by atoms with Crippen LogP contribution in [0.2, 0.25) is 0 Å². The van der Waals surface area contributed by atoms with Crippen molar-refractivity contribution in [3.05, 3.63) is 35.9 Å². The highest BCUT2D eigenvalue weighted by Gasteiger charge is 2.17. The quantitative estimate of drug-likeness (QED) is 0.838. The average Bonchev–Trinajstić information content (AvgIpc) is 2.47. The maximum atomic E-state index is 11.8. The number of rotatable bonds is 6. The van der Waals surface area contributed by atoms with Gasteiger partial charge in [0, 0.05) is 19.4 Å². The maximum absolute atomic E-state index is 11.8. The predicted molar refractivity (Wildman–Crippen MR) is 80.4 cm³/mol. The summed E-state index contributed by atoms with van der Waals surface area (Å²) in [6.07, 6.45) is 6.90. The Morgan fingerprint density at radius 1 is 1.20 bits per heavy atom. The van der Waals surface area contributed by atoms with Gasteiger partial charge in [0.2, 0.25) is 5.91 Å². The van der Waals surface area contributed by atoms with Crippen molar-refractivity contribution in [2.45, 2.75) is 51.0 Å². The summed E-state index contributed by atoms with van der Waals surface area (Å²) in [6.45, 7) is 0.348. The minimum Gasteiger partial charge on any atom is -0.391 e. The van der Waals surface area contributed by atoms with Gasteiger partial charge in [0.1, 0.15) is 0 Å². The van der Waals surface area contributed by atoms with Crippen LogP contribution in [0.25, 0.3) is 0 Å². The van der Waals surface area contributed by atoms with E-state index < -0.39 is 6.10 Å². The minimum absolute atomic E-state index is 0.0870. The van der Waals surface area contributed by atoms with E-state index in [0.717, 1.165) is 5.56 Å². The highest BCUT2D eigenvalue weighted by molar-refractivity contribution is 5.76. The Morgan fingerprint density at radius 3 is 2.60 bits per heavy atom. The fourth-order valence-corrected chi connectivity index (χ4v) is 2.92. The van der Waals surface area contributed by atoms with Crippen molar-refractivity contribution in [2.75, 3.05) is 6.54 Å². The molecule has 1 amide bonds. The summed E-state index contributed by atoms with van der Waals surface area (Å²) in [5.74, 6) is 0.638. The van der Waals surface area contributed by atoms with Crippen LogP contribution in [0.4, 0.5) is 0 Å². The van der Waals surface area contributed by atoms with Crippen LogP contribution in [-0.4, -0.2) is 23.7 Å². The molecule has 0 aromatic heterocycles. The largest absolute Gasteiger partial charge is 0.391 e. The molecular formula is C17H25NO2. The number of amides is 1. The standard InChI is InChI=1S/C17H25NO2/c19-16(11-14-7-3-1-4-8-14)13-18-17(20)12-15-9-5-2-6-10-15/h1,3-4,7-8,15-16,19H,2,5-6,9-13H2,(H,18,20). The number of aliphatic hydroxyl groups is 1. The molecule has 0 radical (unpaired) electrons. The molecule has 3 nitrogen and oxygen atoms in total. The average molecular weight is 275 g/mol. The molecule has 110 valence electrons. The molecule has 1 aromatic carbocycles. The summed E-state index contributed by atoms with van der Waals surface area (Å²) in [4.78, 5) is 11.8. The maximum Gasteiger partial charge on any atom is 0.220 e. The van der Waals surface area contributed by atoms with E-state index in [1.807, 2.05) is 30.3 Å². The molecule has 1 aromatic rings. The number of benzene rings is 1. The molecule has 0 bridgehead atoms. The van der Waals surface area contributed by atoms with Crippen LogP contribution in [0.1, 0.15) is 44.1 Å². The van der Waals surface area contributed by atoms with Crippen LogP contribution in [-0.2, 0) is 11.2 Å². The number of hydrogen-bond acceptors (Lipinski definition) is 2. The number of nitrogens with one attached hydrogen (secondary N) is 1. The highest BCUT2D eigenvalue weighted by Crippen LogP contribution is 2.25. The zero-order valence-corrected chi connectivity index (χ0v) is 12.1. The highest BCUT2D eigenvalue weighted by atomic mass is 16.3. The van der Waals surface area contributed by atoms with Gasteiger partial charge < -0.3 is 10.4 Å². The molecule has 0 aliphatic heterocycles. The van der Waals surface area contributed by atoms with Crippen LogP contribution in [0.15, 0.2) is 30.3 Å². The molecular weight excluding hydrogens is 250 g/mol. The minimum atomic E-state index is -0.507. The Hall–Kier alpha value is -1.35.